The Bertz CT molecular complexity index is 479. The van der Waals surface area contributed by atoms with Crippen LogP contribution in [0, 0.1) is 0 Å². The molecule has 0 bridgehead atoms. The van der Waals surface area contributed by atoms with Crippen molar-refractivity contribution in [3.63, 3.8) is 0 Å². The van der Waals surface area contributed by atoms with Gasteiger partial charge >= 0.3 is 0 Å². The van der Waals surface area contributed by atoms with Crippen LogP contribution in [0.3, 0.4) is 0 Å². The molecular weight excluding hydrogens is 386 g/mol. The van der Waals surface area contributed by atoms with Crippen molar-refractivity contribution in [2.24, 2.45) is 0 Å². The maximum atomic E-state index is 13.0. The number of nitrogens with one attached hydrogen (secondary N) is 1. The Kier molecular flexibility index (Phi) is 13.3. The first-order chi connectivity index (χ1) is 14.6. The SMILES string of the molecule is CN(CCCNC(=O)C1(N2CCCC2)CCCCC1)C1CCCC1.O=CO.O=CO. The van der Waals surface area contributed by atoms with E-state index in [1.54, 1.807) is 0 Å². The van der Waals surface area contributed by atoms with Crippen LogP contribution < -0.4 is 5.32 Å². The summed E-state index contributed by atoms with van der Waals surface area (Å²) in [7, 11) is 2.25. The van der Waals surface area contributed by atoms with E-state index in [4.69, 9.17) is 19.8 Å². The van der Waals surface area contributed by atoms with Crippen LogP contribution >= 0.6 is 0 Å². The van der Waals surface area contributed by atoms with Crippen molar-refractivity contribution < 1.29 is 24.6 Å². The van der Waals surface area contributed by atoms with Gasteiger partial charge in [0.25, 0.3) is 12.9 Å². The van der Waals surface area contributed by atoms with Crippen molar-refractivity contribution in [3.8, 4) is 0 Å². The molecule has 0 aromatic heterocycles. The molecular formula is C22H41N3O5. The van der Waals surface area contributed by atoms with Gasteiger partial charge in [0.05, 0.1) is 0 Å². The lowest BCUT2D eigenvalue weighted by Gasteiger charge is -2.43. The molecule has 8 heteroatoms. The number of hydrogen-bond donors (Lipinski definition) is 3. The van der Waals surface area contributed by atoms with E-state index >= 15 is 0 Å². The number of nitrogens with zero attached hydrogens (tertiary/aromatic N) is 2. The van der Waals surface area contributed by atoms with Gasteiger partial charge in [-0.25, -0.2) is 0 Å². The lowest BCUT2D eigenvalue weighted by Crippen LogP contribution is -2.59. The summed E-state index contributed by atoms with van der Waals surface area (Å²) in [4.78, 5) is 34.8. The van der Waals surface area contributed by atoms with Crippen LogP contribution in [0.1, 0.15) is 77.0 Å². The zero-order chi connectivity index (χ0) is 22.2. The molecule has 0 spiro atoms. The maximum Gasteiger partial charge on any atom is 0.290 e. The van der Waals surface area contributed by atoms with Crippen molar-refractivity contribution in [1.82, 2.24) is 15.1 Å². The Morgan fingerprint density at radius 3 is 2.07 bits per heavy atom. The number of rotatable bonds is 7. The normalized spacial score (nSPS) is 21.1. The fourth-order valence-corrected chi connectivity index (χ4v) is 5.19. The lowest BCUT2D eigenvalue weighted by atomic mass is 9.79. The second-order valence-corrected chi connectivity index (χ2v) is 8.53. The Hall–Kier alpha value is -1.67. The highest BCUT2D eigenvalue weighted by Gasteiger charge is 2.45. The van der Waals surface area contributed by atoms with Crippen LogP contribution in [0.25, 0.3) is 0 Å². The number of carboxylic acid groups (broad SMARTS) is 2. The van der Waals surface area contributed by atoms with E-state index in [0.717, 1.165) is 51.5 Å². The molecule has 0 atom stereocenters. The first-order valence-corrected chi connectivity index (χ1v) is 11.4. The summed E-state index contributed by atoms with van der Waals surface area (Å²) in [6, 6.07) is 0.787. The first kappa shape index (κ1) is 26.4. The molecule has 1 heterocycles. The van der Waals surface area contributed by atoms with Crippen molar-refractivity contribution in [1.29, 1.82) is 0 Å². The number of likely N-dealkylation sites (tertiary alicyclic amines) is 1. The van der Waals surface area contributed by atoms with Gasteiger partial charge in [0.1, 0.15) is 5.54 Å². The van der Waals surface area contributed by atoms with Crippen molar-refractivity contribution >= 4 is 18.9 Å². The molecule has 0 aromatic rings. The molecule has 174 valence electrons. The largest absolute Gasteiger partial charge is 0.483 e. The monoisotopic (exact) mass is 427 g/mol. The lowest BCUT2D eigenvalue weighted by molar-refractivity contribution is -0.135. The Morgan fingerprint density at radius 1 is 1.00 bits per heavy atom. The van der Waals surface area contributed by atoms with Crippen LogP contribution in [0.4, 0.5) is 0 Å². The highest BCUT2D eigenvalue weighted by molar-refractivity contribution is 5.86. The summed E-state index contributed by atoms with van der Waals surface area (Å²) >= 11 is 0. The molecule has 3 rings (SSSR count). The van der Waals surface area contributed by atoms with E-state index in [0.29, 0.717) is 5.91 Å². The van der Waals surface area contributed by atoms with Gasteiger partial charge in [-0.15, -0.1) is 0 Å². The highest BCUT2D eigenvalue weighted by Crippen LogP contribution is 2.36. The Morgan fingerprint density at radius 2 is 1.53 bits per heavy atom. The molecule has 3 aliphatic rings. The summed E-state index contributed by atoms with van der Waals surface area (Å²) in [6.45, 7) is 3.70. The Labute approximate surface area is 181 Å². The summed E-state index contributed by atoms with van der Waals surface area (Å²) in [5.41, 5.74) is -0.174. The Balaban J connectivity index is 0.000000672. The van der Waals surface area contributed by atoms with Crippen LogP contribution in [0.2, 0.25) is 0 Å². The fourth-order valence-electron chi connectivity index (χ4n) is 5.19. The third kappa shape index (κ3) is 8.22. The summed E-state index contributed by atoms with van der Waals surface area (Å²) in [5, 5.41) is 17.1. The summed E-state index contributed by atoms with van der Waals surface area (Å²) in [5.74, 6) is 0.326. The molecule has 1 aliphatic heterocycles. The van der Waals surface area contributed by atoms with Gasteiger partial charge < -0.3 is 20.4 Å². The van der Waals surface area contributed by atoms with Crippen molar-refractivity contribution in [2.75, 3.05) is 33.2 Å². The number of hydrogen-bond acceptors (Lipinski definition) is 5. The molecule has 0 unspecified atom stereocenters. The third-order valence-electron chi connectivity index (χ3n) is 6.74. The van der Waals surface area contributed by atoms with Gasteiger partial charge in [-0.05, 0) is 71.6 Å². The van der Waals surface area contributed by atoms with Gasteiger partial charge in [0.2, 0.25) is 5.91 Å². The van der Waals surface area contributed by atoms with Crippen LogP contribution in [0.15, 0.2) is 0 Å². The molecule has 3 N–H and O–H groups in total. The van der Waals surface area contributed by atoms with Gasteiger partial charge in [-0.1, -0.05) is 32.1 Å². The summed E-state index contributed by atoms with van der Waals surface area (Å²) in [6.07, 6.45) is 15.0. The van der Waals surface area contributed by atoms with Crippen LogP contribution in [-0.4, -0.2) is 83.7 Å². The molecule has 8 nitrogen and oxygen atoms in total. The average molecular weight is 428 g/mol. The summed E-state index contributed by atoms with van der Waals surface area (Å²) < 4.78 is 0. The number of carbonyl (C=O) groups excluding carboxylic acids is 1. The van der Waals surface area contributed by atoms with E-state index in [9.17, 15) is 4.79 Å². The minimum Gasteiger partial charge on any atom is -0.483 e. The van der Waals surface area contributed by atoms with E-state index < -0.39 is 0 Å². The fraction of sp³-hybridized carbons (Fsp3) is 0.864. The van der Waals surface area contributed by atoms with Crippen LogP contribution in [0.5, 0.6) is 0 Å². The standard InChI is InChI=1S/C20H37N3O.2CH2O2/c1-22(18-10-3-4-11-18)15-9-14-21-19(24)20(12-5-2-6-13-20)23-16-7-8-17-23;2*2-1-3/h18H,2-17H2,1H3,(H,21,24);2*1H,(H,2,3). The highest BCUT2D eigenvalue weighted by atomic mass is 16.3. The molecule has 1 amide bonds. The smallest absolute Gasteiger partial charge is 0.290 e. The minimum absolute atomic E-state index is 0.174. The molecule has 2 aliphatic carbocycles. The number of amides is 1. The third-order valence-corrected chi connectivity index (χ3v) is 6.74. The molecule has 0 aromatic carbocycles. The molecule has 30 heavy (non-hydrogen) atoms. The maximum absolute atomic E-state index is 13.0. The molecule has 1 saturated heterocycles. The van der Waals surface area contributed by atoms with Gasteiger partial charge in [-0.3, -0.25) is 19.3 Å². The zero-order valence-corrected chi connectivity index (χ0v) is 18.6. The quantitative estimate of drug-likeness (QED) is 0.423. The number of carbonyl (C=O) groups is 3. The van der Waals surface area contributed by atoms with Gasteiger partial charge in [0, 0.05) is 12.6 Å². The van der Waals surface area contributed by atoms with Crippen molar-refractivity contribution in [2.45, 2.75) is 88.6 Å². The second kappa shape index (κ2) is 15.2. The predicted octanol–water partition coefficient (Wildman–Crippen LogP) is 2.57. The van der Waals surface area contributed by atoms with E-state index in [1.165, 1.54) is 57.8 Å². The zero-order valence-electron chi connectivity index (χ0n) is 18.6. The van der Waals surface area contributed by atoms with Crippen molar-refractivity contribution in [3.05, 3.63) is 0 Å². The second-order valence-electron chi connectivity index (χ2n) is 8.53. The van der Waals surface area contributed by atoms with E-state index in [1.807, 2.05) is 0 Å². The van der Waals surface area contributed by atoms with Crippen LogP contribution in [-0.2, 0) is 14.4 Å². The molecule has 0 radical (unpaired) electrons. The van der Waals surface area contributed by atoms with Gasteiger partial charge in [0.15, 0.2) is 0 Å². The predicted molar refractivity (Wildman–Crippen MR) is 117 cm³/mol. The van der Waals surface area contributed by atoms with Gasteiger partial charge in [-0.2, -0.15) is 0 Å². The first-order valence-electron chi connectivity index (χ1n) is 11.4. The van der Waals surface area contributed by atoms with E-state index in [-0.39, 0.29) is 18.5 Å². The topological polar surface area (TPSA) is 110 Å². The average Bonchev–Trinajstić information content (AvgIpc) is 3.47. The molecule has 3 fully saturated rings. The minimum atomic E-state index is -0.250. The molecule has 2 saturated carbocycles. The van der Waals surface area contributed by atoms with E-state index in [2.05, 4.69) is 22.2 Å².